The van der Waals surface area contributed by atoms with Gasteiger partial charge in [-0.2, -0.15) is 0 Å². The van der Waals surface area contributed by atoms with Gasteiger partial charge in [0.25, 0.3) is 0 Å². The van der Waals surface area contributed by atoms with Crippen LogP contribution in [0.3, 0.4) is 0 Å². The Hall–Kier alpha value is -0.840. The molecule has 0 fully saturated rings. The first kappa shape index (κ1) is 15.2. The molecule has 1 rings (SSSR count). The number of ketones is 1. The van der Waals surface area contributed by atoms with Crippen molar-refractivity contribution in [2.45, 2.75) is 0 Å². The molecular weight excluding hydrogens is 288 g/mol. The number of rotatable bonds is 5. The van der Waals surface area contributed by atoms with Crippen molar-refractivity contribution < 1.29 is 9.90 Å². The Morgan fingerprint density at radius 1 is 1.17 bits per heavy atom. The molecule has 5 heteroatoms. The molecule has 96 valence electrons. The number of allylic oxidation sites excluding steroid dienone is 2. The maximum absolute atomic E-state index is 11.7. The lowest BCUT2D eigenvalue weighted by Gasteiger charge is -2.00. The molecule has 0 atom stereocenters. The Balaban J connectivity index is 2.86. The number of thioether (sulfide) groups is 2. The van der Waals surface area contributed by atoms with Crippen molar-refractivity contribution in [3.63, 3.8) is 0 Å². The molecule has 2 nitrogen and oxygen atoms in total. The molecule has 0 aliphatic carbocycles. The van der Waals surface area contributed by atoms with Crippen molar-refractivity contribution in [2.75, 3.05) is 12.5 Å². The Kier molecular flexibility index (Phi) is 6.39. The zero-order chi connectivity index (χ0) is 13.5. The van der Waals surface area contributed by atoms with Crippen molar-refractivity contribution in [3.8, 4) is 0 Å². The second kappa shape index (κ2) is 7.56. The van der Waals surface area contributed by atoms with Gasteiger partial charge in [-0.1, -0.05) is 11.6 Å². The number of aliphatic hydroxyl groups is 1. The van der Waals surface area contributed by atoms with E-state index in [0.29, 0.717) is 10.6 Å². The van der Waals surface area contributed by atoms with Crippen LogP contribution in [0, 0.1) is 0 Å². The Morgan fingerprint density at radius 2 is 1.72 bits per heavy atom. The van der Waals surface area contributed by atoms with Gasteiger partial charge in [0.1, 0.15) is 5.76 Å². The summed E-state index contributed by atoms with van der Waals surface area (Å²) < 4.78 is 0.903. The van der Waals surface area contributed by atoms with Crippen LogP contribution in [0.15, 0.2) is 40.7 Å². The van der Waals surface area contributed by atoms with E-state index in [1.165, 1.54) is 35.7 Å². The van der Waals surface area contributed by atoms with Gasteiger partial charge in [0.2, 0.25) is 0 Å². The fourth-order valence-corrected chi connectivity index (χ4v) is 2.46. The van der Waals surface area contributed by atoms with Crippen molar-refractivity contribution in [2.24, 2.45) is 0 Å². The zero-order valence-electron chi connectivity index (χ0n) is 10.0. The molecule has 0 bridgehead atoms. The number of halogens is 1. The summed E-state index contributed by atoms with van der Waals surface area (Å²) in [5.41, 5.74) is 0.566. The topological polar surface area (TPSA) is 37.3 Å². The summed E-state index contributed by atoms with van der Waals surface area (Å²) in [6.45, 7) is 0. The van der Waals surface area contributed by atoms with Gasteiger partial charge in [0.15, 0.2) is 5.78 Å². The number of carbonyl (C=O) groups excluding carboxylic acids is 1. The summed E-state index contributed by atoms with van der Waals surface area (Å²) in [7, 11) is 0. The van der Waals surface area contributed by atoms with Crippen LogP contribution in [-0.2, 0) is 4.79 Å². The van der Waals surface area contributed by atoms with Crippen LogP contribution in [0.1, 0.15) is 5.56 Å². The maximum atomic E-state index is 11.7. The van der Waals surface area contributed by atoms with E-state index in [0.717, 1.165) is 4.24 Å². The average molecular weight is 301 g/mol. The minimum atomic E-state index is -0.235. The van der Waals surface area contributed by atoms with E-state index in [1.807, 2.05) is 12.5 Å². The lowest BCUT2D eigenvalue weighted by atomic mass is 10.1. The summed E-state index contributed by atoms with van der Waals surface area (Å²) >= 11 is 8.74. The van der Waals surface area contributed by atoms with Gasteiger partial charge in [-0.15, -0.1) is 23.5 Å². The average Bonchev–Trinajstić information content (AvgIpc) is 2.36. The Bertz CT molecular complexity index is 472. The number of hydrogen-bond acceptors (Lipinski definition) is 4. The van der Waals surface area contributed by atoms with E-state index in [4.69, 9.17) is 11.6 Å². The third-order valence-electron chi connectivity index (χ3n) is 2.08. The van der Waals surface area contributed by atoms with Crippen LogP contribution in [0.4, 0.5) is 0 Å². The highest BCUT2D eigenvalue weighted by Crippen LogP contribution is 2.23. The van der Waals surface area contributed by atoms with E-state index in [1.54, 1.807) is 24.3 Å². The molecule has 1 N–H and O–H groups in total. The number of hydrogen-bond donors (Lipinski definition) is 1. The molecule has 0 saturated carbocycles. The third kappa shape index (κ3) is 4.80. The molecule has 1 aromatic rings. The first-order chi connectivity index (χ1) is 8.56. The molecule has 0 aliphatic rings. The summed E-state index contributed by atoms with van der Waals surface area (Å²) in [5.74, 6) is -0.296. The summed E-state index contributed by atoms with van der Waals surface area (Å²) in [6.07, 6.45) is 6.51. The highest BCUT2D eigenvalue weighted by atomic mass is 35.5. The fraction of sp³-hybridized carbons (Fsp3) is 0.154. The van der Waals surface area contributed by atoms with Crippen molar-refractivity contribution in [1.29, 1.82) is 0 Å². The number of aliphatic hydroxyl groups excluding tert-OH is 1. The van der Waals surface area contributed by atoms with E-state index in [-0.39, 0.29) is 11.5 Å². The largest absolute Gasteiger partial charge is 0.507 e. The van der Waals surface area contributed by atoms with Crippen molar-refractivity contribution >= 4 is 46.7 Å². The molecule has 0 amide bonds. The quantitative estimate of drug-likeness (QED) is 0.647. The molecule has 0 aliphatic heterocycles. The molecule has 0 aromatic heterocycles. The predicted molar refractivity (Wildman–Crippen MR) is 82.2 cm³/mol. The standard InChI is InChI=1S/C13H13ClO2S2/c1-17-13(18-2)8-11(15)7-12(16)9-3-5-10(14)6-4-9/h3-8,16H,1-2H3/b12-7-. The molecule has 1 aromatic carbocycles. The Morgan fingerprint density at radius 3 is 2.22 bits per heavy atom. The van der Waals surface area contributed by atoms with Gasteiger partial charge in [-0.25, -0.2) is 0 Å². The summed E-state index contributed by atoms with van der Waals surface area (Å²) in [6, 6.07) is 6.65. The fourth-order valence-electron chi connectivity index (χ4n) is 1.20. The summed E-state index contributed by atoms with van der Waals surface area (Å²) in [5, 5.41) is 10.4. The van der Waals surface area contributed by atoms with Gasteiger partial charge in [-0.05, 0) is 36.8 Å². The highest BCUT2D eigenvalue weighted by molar-refractivity contribution is 8.21. The van der Waals surface area contributed by atoms with Gasteiger partial charge < -0.3 is 5.11 Å². The van der Waals surface area contributed by atoms with Crippen molar-refractivity contribution in [3.05, 3.63) is 51.2 Å². The number of benzene rings is 1. The molecule has 0 unspecified atom stereocenters. The van der Waals surface area contributed by atoms with Crippen LogP contribution >= 0.6 is 35.1 Å². The molecule has 0 radical (unpaired) electrons. The minimum Gasteiger partial charge on any atom is -0.507 e. The van der Waals surface area contributed by atoms with Crippen LogP contribution < -0.4 is 0 Å². The highest BCUT2D eigenvalue weighted by Gasteiger charge is 2.03. The third-order valence-corrected chi connectivity index (χ3v) is 4.37. The minimum absolute atomic E-state index is 0.0607. The van der Waals surface area contributed by atoms with E-state index >= 15 is 0 Å². The van der Waals surface area contributed by atoms with E-state index in [2.05, 4.69) is 0 Å². The molecule has 0 heterocycles. The zero-order valence-corrected chi connectivity index (χ0v) is 12.4. The molecule has 18 heavy (non-hydrogen) atoms. The number of carbonyl (C=O) groups is 1. The Labute approximate surface area is 120 Å². The normalized spacial score (nSPS) is 11.2. The lowest BCUT2D eigenvalue weighted by Crippen LogP contribution is -1.91. The SMILES string of the molecule is CSC(=CC(=O)/C=C(\O)c1ccc(Cl)cc1)SC. The van der Waals surface area contributed by atoms with E-state index < -0.39 is 0 Å². The van der Waals surface area contributed by atoms with Crippen LogP contribution in [-0.4, -0.2) is 23.4 Å². The van der Waals surface area contributed by atoms with Gasteiger partial charge in [0, 0.05) is 27.0 Å². The first-order valence-electron chi connectivity index (χ1n) is 5.07. The maximum Gasteiger partial charge on any atom is 0.183 e. The molecule has 0 saturated heterocycles. The first-order valence-corrected chi connectivity index (χ1v) is 7.89. The van der Waals surface area contributed by atoms with Crippen LogP contribution in [0.25, 0.3) is 5.76 Å². The lowest BCUT2D eigenvalue weighted by molar-refractivity contribution is -0.110. The van der Waals surface area contributed by atoms with Crippen LogP contribution in [0.5, 0.6) is 0 Å². The molecule has 0 spiro atoms. The van der Waals surface area contributed by atoms with Gasteiger partial charge >= 0.3 is 0 Å². The van der Waals surface area contributed by atoms with Gasteiger partial charge in [-0.3, -0.25) is 4.79 Å². The van der Waals surface area contributed by atoms with Gasteiger partial charge in [0.05, 0.1) is 0 Å². The smallest absolute Gasteiger partial charge is 0.183 e. The van der Waals surface area contributed by atoms with E-state index in [9.17, 15) is 9.90 Å². The monoisotopic (exact) mass is 300 g/mol. The molecular formula is C13H13ClO2S2. The second-order valence-corrected chi connectivity index (χ2v) is 5.70. The second-order valence-electron chi connectivity index (χ2n) is 3.31. The van der Waals surface area contributed by atoms with Crippen molar-refractivity contribution in [1.82, 2.24) is 0 Å². The van der Waals surface area contributed by atoms with Crippen LogP contribution in [0.2, 0.25) is 5.02 Å². The summed E-state index contributed by atoms with van der Waals surface area (Å²) in [4.78, 5) is 11.7. The predicted octanol–water partition coefficient (Wildman–Crippen LogP) is 4.38.